The van der Waals surface area contributed by atoms with E-state index in [4.69, 9.17) is 9.47 Å². The first-order valence-electron chi connectivity index (χ1n) is 11.0. The second-order valence-corrected chi connectivity index (χ2v) is 9.02. The molecule has 3 N–H and O–H groups in total. The van der Waals surface area contributed by atoms with Crippen LogP contribution in [0.4, 0.5) is 10.5 Å². The van der Waals surface area contributed by atoms with Crippen LogP contribution in [0.2, 0.25) is 0 Å². The van der Waals surface area contributed by atoms with E-state index in [-0.39, 0.29) is 41.8 Å². The zero-order valence-corrected chi connectivity index (χ0v) is 21.3. The van der Waals surface area contributed by atoms with Crippen LogP contribution in [0.25, 0.3) is 0 Å². The Morgan fingerprint density at radius 2 is 1.81 bits per heavy atom. The summed E-state index contributed by atoms with van der Waals surface area (Å²) in [6.45, 7) is 0.0253. The van der Waals surface area contributed by atoms with Gasteiger partial charge in [0.15, 0.2) is 0 Å². The van der Waals surface area contributed by atoms with E-state index >= 15 is 0 Å². The molecule has 2 aromatic carbocycles. The summed E-state index contributed by atoms with van der Waals surface area (Å²) in [4.78, 5) is 74.7. The number of esters is 1. The van der Waals surface area contributed by atoms with Crippen molar-refractivity contribution in [3.05, 3.63) is 57.1 Å². The molecule has 0 aromatic heterocycles. The predicted octanol–water partition coefficient (Wildman–Crippen LogP) is 1.97. The molecule has 2 aromatic rings. The van der Waals surface area contributed by atoms with Crippen LogP contribution in [0.15, 0.2) is 34.8 Å². The number of nitrogens with one attached hydrogen (secondary N) is 3. The number of rotatable bonds is 6. The number of imide groups is 2. The lowest BCUT2D eigenvalue weighted by molar-refractivity contribution is -0.136. The van der Waals surface area contributed by atoms with Crippen molar-refractivity contribution in [1.82, 2.24) is 15.5 Å². The number of anilines is 1. The van der Waals surface area contributed by atoms with Gasteiger partial charge in [-0.1, -0.05) is 6.07 Å². The van der Waals surface area contributed by atoms with Gasteiger partial charge in [-0.2, -0.15) is 0 Å². The Morgan fingerprint density at radius 1 is 1.08 bits per heavy atom. The van der Waals surface area contributed by atoms with Gasteiger partial charge in [0.05, 0.1) is 25.3 Å². The maximum atomic E-state index is 12.9. The third-order valence-electron chi connectivity index (χ3n) is 5.88. The summed E-state index contributed by atoms with van der Waals surface area (Å²) in [5.74, 6) is -2.80. The summed E-state index contributed by atoms with van der Waals surface area (Å²) in [5, 5.41) is 7.42. The fraction of sp³-hybridized carbons (Fsp3) is 0.250. The first kappa shape index (κ1) is 25.8. The standard InChI is InChI=1S/C24H21BrN4O8/c1-36-17-9-12(8-15(25)19(17)23(34)37-2)27-24(35)26-10-11-3-4-13-14(7-11)22(33)29(21(13)32)16-5-6-18(30)28-20(16)31/h3-4,7-9,16H,5-6,10H2,1-2H3,(H2,26,27,35)(H,28,30,31). The van der Waals surface area contributed by atoms with Crippen molar-refractivity contribution >= 4 is 57.2 Å². The van der Waals surface area contributed by atoms with Crippen molar-refractivity contribution in [3.8, 4) is 5.75 Å². The molecule has 1 saturated heterocycles. The average molecular weight is 573 g/mol. The normalized spacial score (nSPS) is 16.7. The summed E-state index contributed by atoms with van der Waals surface area (Å²) in [6.07, 6.45) is 0.0915. The highest BCUT2D eigenvalue weighted by atomic mass is 79.9. The Morgan fingerprint density at radius 3 is 2.49 bits per heavy atom. The van der Waals surface area contributed by atoms with E-state index in [9.17, 15) is 28.8 Å². The second-order valence-electron chi connectivity index (χ2n) is 8.16. The zero-order chi connectivity index (χ0) is 26.9. The third-order valence-corrected chi connectivity index (χ3v) is 6.50. The van der Waals surface area contributed by atoms with Crippen LogP contribution in [0.5, 0.6) is 5.75 Å². The van der Waals surface area contributed by atoms with Gasteiger partial charge in [-0.15, -0.1) is 0 Å². The topological polar surface area (TPSA) is 160 Å². The number of hydrogen-bond donors (Lipinski definition) is 3. The number of amides is 6. The highest BCUT2D eigenvalue weighted by Crippen LogP contribution is 2.32. The number of nitrogens with zero attached hydrogens (tertiary/aromatic N) is 1. The number of urea groups is 1. The van der Waals surface area contributed by atoms with E-state index in [0.717, 1.165) is 4.90 Å². The molecule has 1 unspecified atom stereocenters. The number of halogens is 1. The number of fused-ring (bicyclic) bond motifs is 1. The molecule has 6 amide bonds. The number of hydrogen-bond acceptors (Lipinski definition) is 8. The summed E-state index contributed by atoms with van der Waals surface area (Å²) < 4.78 is 10.3. The maximum absolute atomic E-state index is 12.9. The van der Waals surface area contributed by atoms with Crippen molar-refractivity contribution in [1.29, 1.82) is 0 Å². The maximum Gasteiger partial charge on any atom is 0.342 e. The molecule has 2 aliphatic heterocycles. The van der Waals surface area contributed by atoms with Crippen molar-refractivity contribution in [2.24, 2.45) is 0 Å². The summed E-state index contributed by atoms with van der Waals surface area (Å²) in [7, 11) is 2.61. The second kappa shape index (κ2) is 10.4. The molecule has 0 spiro atoms. The number of carbonyl (C=O) groups excluding carboxylic acids is 6. The molecule has 1 atom stereocenters. The number of piperidine rings is 1. The number of ether oxygens (including phenoxy) is 2. The quantitative estimate of drug-likeness (QED) is 0.349. The van der Waals surface area contributed by atoms with Gasteiger partial charge in [0.2, 0.25) is 11.8 Å². The van der Waals surface area contributed by atoms with Gasteiger partial charge in [-0.3, -0.25) is 29.4 Å². The molecule has 1 fully saturated rings. The van der Waals surface area contributed by atoms with Crippen molar-refractivity contribution in [3.63, 3.8) is 0 Å². The van der Waals surface area contributed by atoms with Crippen LogP contribution < -0.4 is 20.7 Å². The van der Waals surface area contributed by atoms with Crippen LogP contribution >= 0.6 is 15.9 Å². The van der Waals surface area contributed by atoms with Gasteiger partial charge in [-0.05, 0) is 46.1 Å². The molecule has 0 bridgehead atoms. The molecule has 13 heteroatoms. The molecule has 2 aliphatic rings. The van der Waals surface area contributed by atoms with Crippen molar-refractivity contribution in [2.45, 2.75) is 25.4 Å². The van der Waals surface area contributed by atoms with Gasteiger partial charge in [0.25, 0.3) is 11.8 Å². The molecule has 37 heavy (non-hydrogen) atoms. The first-order valence-corrected chi connectivity index (χ1v) is 11.8. The average Bonchev–Trinajstić information content (AvgIpc) is 3.11. The van der Waals surface area contributed by atoms with Gasteiger partial charge < -0.3 is 20.1 Å². The third kappa shape index (κ3) is 5.03. The lowest BCUT2D eigenvalue weighted by Gasteiger charge is -2.27. The minimum atomic E-state index is -1.06. The highest BCUT2D eigenvalue weighted by molar-refractivity contribution is 9.10. The number of carbonyl (C=O) groups is 6. The fourth-order valence-corrected chi connectivity index (χ4v) is 4.70. The van der Waals surface area contributed by atoms with Gasteiger partial charge in [0.1, 0.15) is 17.4 Å². The molecule has 12 nitrogen and oxygen atoms in total. The predicted molar refractivity (Wildman–Crippen MR) is 131 cm³/mol. The molecule has 0 radical (unpaired) electrons. The lowest BCUT2D eigenvalue weighted by atomic mass is 10.0. The SMILES string of the molecule is COC(=O)c1c(Br)cc(NC(=O)NCc2ccc3c(c2)C(=O)N(C2CCC(=O)NC2=O)C3=O)cc1OC. The van der Waals surface area contributed by atoms with Gasteiger partial charge >= 0.3 is 12.0 Å². The molecular weight excluding hydrogens is 552 g/mol. The Hall–Kier alpha value is -4.26. The summed E-state index contributed by atoms with van der Waals surface area (Å²) in [5.41, 5.74) is 1.30. The highest BCUT2D eigenvalue weighted by Gasteiger charge is 2.44. The minimum absolute atomic E-state index is 0.0253. The van der Waals surface area contributed by atoms with E-state index in [1.165, 1.54) is 38.5 Å². The molecule has 0 aliphatic carbocycles. The molecule has 0 saturated carbocycles. The largest absolute Gasteiger partial charge is 0.496 e. The zero-order valence-electron chi connectivity index (χ0n) is 19.7. The van der Waals surface area contributed by atoms with Crippen LogP contribution in [-0.2, 0) is 20.9 Å². The molecular formula is C24H21BrN4O8. The van der Waals surface area contributed by atoms with Gasteiger partial charge in [0, 0.05) is 29.2 Å². The fourth-order valence-electron chi connectivity index (χ4n) is 4.10. The summed E-state index contributed by atoms with van der Waals surface area (Å²) >= 11 is 3.27. The van der Waals surface area contributed by atoms with Crippen LogP contribution in [-0.4, -0.2) is 60.8 Å². The number of benzene rings is 2. The van der Waals surface area contributed by atoms with E-state index in [0.29, 0.717) is 15.7 Å². The minimum Gasteiger partial charge on any atom is -0.496 e. The summed E-state index contributed by atoms with van der Waals surface area (Å²) in [6, 6.07) is 5.86. The van der Waals surface area contributed by atoms with E-state index in [2.05, 4.69) is 31.9 Å². The molecule has 4 rings (SSSR count). The smallest absolute Gasteiger partial charge is 0.342 e. The molecule has 192 valence electrons. The van der Waals surface area contributed by atoms with E-state index < -0.39 is 41.7 Å². The Labute approximate surface area is 218 Å². The van der Waals surface area contributed by atoms with Crippen molar-refractivity contribution in [2.75, 3.05) is 19.5 Å². The lowest BCUT2D eigenvalue weighted by Crippen LogP contribution is -2.54. The van der Waals surface area contributed by atoms with E-state index in [1.807, 2.05) is 0 Å². The van der Waals surface area contributed by atoms with E-state index in [1.54, 1.807) is 6.07 Å². The van der Waals surface area contributed by atoms with Crippen LogP contribution in [0.1, 0.15) is 49.5 Å². The van der Waals surface area contributed by atoms with Crippen LogP contribution in [0.3, 0.4) is 0 Å². The Kier molecular flexibility index (Phi) is 7.25. The number of methoxy groups -OCH3 is 2. The van der Waals surface area contributed by atoms with Crippen molar-refractivity contribution < 1.29 is 38.2 Å². The Balaban J connectivity index is 1.43. The molecule has 2 heterocycles. The van der Waals surface area contributed by atoms with Crippen LogP contribution in [0, 0.1) is 0 Å². The monoisotopic (exact) mass is 572 g/mol. The Bertz CT molecular complexity index is 1360. The first-order chi connectivity index (χ1) is 17.6. The van der Waals surface area contributed by atoms with Gasteiger partial charge in [-0.25, -0.2) is 9.59 Å².